The molecule has 0 saturated carbocycles. The summed E-state index contributed by atoms with van der Waals surface area (Å²) >= 11 is 6.04. The second-order valence-corrected chi connectivity index (χ2v) is 4.04. The molecule has 2 nitrogen and oxygen atoms in total. The lowest BCUT2D eigenvalue weighted by molar-refractivity contribution is 0.581. The van der Waals surface area contributed by atoms with E-state index in [2.05, 4.69) is 4.98 Å². The molecule has 0 bridgehead atoms. The van der Waals surface area contributed by atoms with Gasteiger partial charge in [-0.2, -0.15) is 5.26 Å². The van der Waals surface area contributed by atoms with Crippen molar-refractivity contribution in [3.05, 3.63) is 65.5 Å². The van der Waals surface area contributed by atoms with Gasteiger partial charge in [0.05, 0.1) is 10.6 Å². The zero-order chi connectivity index (χ0) is 13.8. The molecule has 0 N–H and O–H groups in total. The molecule has 0 aliphatic rings. The van der Waals surface area contributed by atoms with Crippen LogP contribution in [0, 0.1) is 23.0 Å². The molecule has 0 saturated heterocycles. The van der Waals surface area contributed by atoms with E-state index >= 15 is 0 Å². The summed E-state index contributed by atoms with van der Waals surface area (Å²) in [6.07, 6.45) is 3.00. The van der Waals surface area contributed by atoms with Crippen molar-refractivity contribution in [1.82, 2.24) is 4.98 Å². The first-order valence-corrected chi connectivity index (χ1v) is 5.67. The summed E-state index contributed by atoms with van der Waals surface area (Å²) in [6, 6.07) is 8.10. The van der Waals surface area contributed by atoms with Gasteiger partial charge in [0.25, 0.3) is 0 Å². The molecule has 1 aromatic carbocycles. The lowest BCUT2D eigenvalue weighted by atomic mass is 10.0. The summed E-state index contributed by atoms with van der Waals surface area (Å²) < 4.78 is 26.5. The molecular formula is C14H7ClF2N2. The second kappa shape index (κ2) is 5.59. The van der Waals surface area contributed by atoms with E-state index in [0.29, 0.717) is 5.56 Å². The van der Waals surface area contributed by atoms with Crippen LogP contribution in [0.3, 0.4) is 0 Å². The predicted molar refractivity (Wildman–Crippen MR) is 68.9 cm³/mol. The Bertz CT molecular complexity index is 676. The normalized spacial score (nSPS) is 11.7. The van der Waals surface area contributed by atoms with Gasteiger partial charge in [-0.15, -0.1) is 0 Å². The highest BCUT2D eigenvalue weighted by Crippen LogP contribution is 2.30. The fourth-order valence-corrected chi connectivity index (χ4v) is 1.87. The van der Waals surface area contributed by atoms with Crippen LogP contribution in [0.1, 0.15) is 11.1 Å². The highest BCUT2D eigenvalue weighted by molar-refractivity contribution is 6.53. The number of aromatic nitrogens is 1. The fourth-order valence-electron chi connectivity index (χ4n) is 1.56. The Morgan fingerprint density at radius 1 is 1.16 bits per heavy atom. The Kier molecular flexibility index (Phi) is 3.88. The number of hydrogen-bond donors (Lipinski definition) is 0. The molecule has 2 rings (SSSR count). The van der Waals surface area contributed by atoms with E-state index < -0.39 is 11.6 Å². The van der Waals surface area contributed by atoms with Crippen LogP contribution in [0.15, 0.2) is 42.7 Å². The van der Waals surface area contributed by atoms with Crippen molar-refractivity contribution in [3.8, 4) is 6.07 Å². The van der Waals surface area contributed by atoms with Gasteiger partial charge in [-0.3, -0.25) is 4.98 Å². The Morgan fingerprint density at radius 3 is 2.42 bits per heavy atom. The van der Waals surface area contributed by atoms with Crippen LogP contribution in [-0.4, -0.2) is 4.98 Å². The van der Waals surface area contributed by atoms with Crippen LogP contribution in [0.25, 0.3) is 10.6 Å². The molecule has 94 valence electrons. The minimum atomic E-state index is -0.813. The van der Waals surface area contributed by atoms with Gasteiger partial charge in [0.15, 0.2) is 0 Å². The van der Waals surface area contributed by atoms with E-state index in [-0.39, 0.29) is 16.2 Å². The summed E-state index contributed by atoms with van der Waals surface area (Å²) in [6.45, 7) is 0. The Labute approximate surface area is 113 Å². The molecule has 0 unspecified atom stereocenters. The molecule has 0 amide bonds. The zero-order valence-electron chi connectivity index (χ0n) is 9.57. The summed E-state index contributed by atoms with van der Waals surface area (Å²) in [5.74, 6) is -1.51. The van der Waals surface area contributed by atoms with Crippen LogP contribution >= 0.6 is 11.6 Å². The quantitative estimate of drug-likeness (QED) is 0.778. The third-order valence-corrected chi connectivity index (χ3v) is 2.86. The minimum absolute atomic E-state index is 0.0172. The lowest BCUT2D eigenvalue weighted by Gasteiger charge is -2.05. The van der Waals surface area contributed by atoms with Gasteiger partial charge < -0.3 is 0 Å². The average molecular weight is 277 g/mol. The number of nitriles is 1. The number of allylic oxidation sites excluding steroid dienone is 1. The van der Waals surface area contributed by atoms with Crippen molar-refractivity contribution in [2.75, 3.05) is 0 Å². The van der Waals surface area contributed by atoms with Crippen molar-refractivity contribution in [2.45, 2.75) is 0 Å². The Morgan fingerprint density at radius 2 is 1.84 bits per heavy atom. The first-order chi connectivity index (χ1) is 9.13. The molecule has 0 radical (unpaired) electrons. The van der Waals surface area contributed by atoms with E-state index in [1.54, 1.807) is 12.1 Å². The number of benzene rings is 1. The molecule has 0 aliphatic heterocycles. The molecular weight excluding hydrogens is 270 g/mol. The van der Waals surface area contributed by atoms with Gasteiger partial charge in [0, 0.05) is 24.0 Å². The first-order valence-electron chi connectivity index (χ1n) is 5.29. The first kappa shape index (κ1) is 13.2. The largest absolute Gasteiger partial charge is 0.265 e. The topological polar surface area (TPSA) is 36.7 Å². The lowest BCUT2D eigenvalue weighted by Crippen LogP contribution is -1.91. The number of rotatable bonds is 2. The maximum Gasteiger partial charge on any atom is 0.134 e. The monoisotopic (exact) mass is 276 g/mol. The average Bonchev–Trinajstić information content (AvgIpc) is 2.40. The summed E-state index contributed by atoms with van der Waals surface area (Å²) in [7, 11) is 0. The maximum absolute atomic E-state index is 13.6. The van der Waals surface area contributed by atoms with Crippen LogP contribution in [0.2, 0.25) is 0 Å². The SMILES string of the molecule is N#C/C(=C(\Cl)c1ccc(F)cc1F)c1ccncc1. The van der Waals surface area contributed by atoms with Gasteiger partial charge in [0.2, 0.25) is 0 Å². The number of halogens is 3. The van der Waals surface area contributed by atoms with Crippen molar-refractivity contribution in [2.24, 2.45) is 0 Å². The minimum Gasteiger partial charge on any atom is -0.265 e. The summed E-state index contributed by atoms with van der Waals surface area (Å²) in [5.41, 5.74) is 0.609. The van der Waals surface area contributed by atoms with E-state index in [1.165, 1.54) is 18.5 Å². The fraction of sp³-hybridized carbons (Fsp3) is 0. The van der Waals surface area contributed by atoms with E-state index in [9.17, 15) is 8.78 Å². The van der Waals surface area contributed by atoms with Crippen molar-refractivity contribution >= 4 is 22.2 Å². The van der Waals surface area contributed by atoms with Crippen molar-refractivity contribution in [1.29, 1.82) is 5.26 Å². The highest BCUT2D eigenvalue weighted by Gasteiger charge is 2.13. The van der Waals surface area contributed by atoms with E-state index in [1.807, 2.05) is 6.07 Å². The third kappa shape index (κ3) is 2.78. The molecule has 0 atom stereocenters. The smallest absolute Gasteiger partial charge is 0.134 e. The standard InChI is InChI=1S/C14H7ClF2N2/c15-14(11-2-1-10(16)7-13(11)17)12(8-18)9-3-5-19-6-4-9/h1-7H/b14-12+. The number of pyridine rings is 1. The molecule has 1 heterocycles. The van der Waals surface area contributed by atoms with Gasteiger partial charge in [0.1, 0.15) is 17.7 Å². The van der Waals surface area contributed by atoms with Crippen LogP contribution in [0.5, 0.6) is 0 Å². The summed E-state index contributed by atoms with van der Waals surface area (Å²) in [5, 5.41) is 9.08. The number of hydrogen-bond acceptors (Lipinski definition) is 2. The van der Waals surface area contributed by atoms with Crippen molar-refractivity contribution < 1.29 is 8.78 Å². The molecule has 0 spiro atoms. The van der Waals surface area contributed by atoms with Crippen LogP contribution in [0.4, 0.5) is 8.78 Å². The highest BCUT2D eigenvalue weighted by atomic mass is 35.5. The Balaban J connectivity index is 2.59. The third-order valence-electron chi connectivity index (χ3n) is 2.47. The second-order valence-electron chi connectivity index (χ2n) is 3.66. The molecule has 5 heteroatoms. The molecule has 2 aromatic rings. The molecule has 19 heavy (non-hydrogen) atoms. The summed E-state index contributed by atoms with van der Waals surface area (Å²) in [4.78, 5) is 3.82. The molecule has 0 fully saturated rings. The molecule has 0 aliphatic carbocycles. The van der Waals surface area contributed by atoms with Gasteiger partial charge in [-0.1, -0.05) is 11.6 Å². The van der Waals surface area contributed by atoms with Crippen LogP contribution in [-0.2, 0) is 0 Å². The number of nitrogens with zero attached hydrogens (tertiary/aromatic N) is 2. The van der Waals surface area contributed by atoms with Gasteiger partial charge >= 0.3 is 0 Å². The maximum atomic E-state index is 13.6. The van der Waals surface area contributed by atoms with Crippen LogP contribution < -0.4 is 0 Å². The Hall–Kier alpha value is -2.25. The van der Waals surface area contributed by atoms with E-state index in [0.717, 1.165) is 12.1 Å². The predicted octanol–water partition coefficient (Wildman–Crippen LogP) is 3.99. The zero-order valence-corrected chi connectivity index (χ0v) is 10.3. The van der Waals surface area contributed by atoms with Gasteiger partial charge in [-0.05, 0) is 29.8 Å². The molecule has 1 aromatic heterocycles. The van der Waals surface area contributed by atoms with Gasteiger partial charge in [-0.25, -0.2) is 8.78 Å². The van der Waals surface area contributed by atoms with E-state index in [4.69, 9.17) is 16.9 Å². The van der Waals surface area contributed by atoms with Crippen molar-refractivity contribution in [3.63, 3.8) is 0 Å².